The van der Waals surface area contributed by atoms with E-state index in [-0.39, 0.29) is 17.5 Å². The lowest BCUT2D eigenvalue weighted by Gasteiger charge is -2.34. The third-order valence-electron chi connectivity index (χ3n) is 3.41. The molecule has 0 spiro atoms. The summed E-state index contributed by atoms with van der Waals surface area (Å²) in [5, 5.41) is 5.88. The van der Waals surface area contributed by atoms with Crippen LogP contribution in [0.25, 0.3) is 0 Å². The molecule has 2 N–H and O–H groups in total. The van der Waals surface area contributed by atoms with Gasteiger partial charge in [-0.15, -0.1) is 0 Å². The Balaban J connectivity index is 2.09. The Labute approximate surface area is 124 Å². The Kier molecular flexibility index (Phi) is 5.08. The molecule has 114 valence electrons. The molecule has 0 aliphatic carbocycles. The van der Waals surface area contributed by atoms with Crippen molar-refractivity contribution >= 4 is 17.6 Å². The Morgan fingerprint density at radius 1 is 1.43 bits per heavy atom. The maximum Gasteiger partial charge on any atom is 0.274 e. The quantitative estimate of drug-likeness (QED) is 0.831. The topological polar surface area (TPSA) is 87.2 Å². The summed E-state index contributed by atoms with van der Waals surface area (Å²) >= 11 is 0. The first-order chi connectivity index (χ1) is 10.2. The molecule has 0 saturated carbocycles. The standard InChI is InChI=1S/C14H21N5O2/c1-3-5-15-12-9-17-10(8-18-12)14(21)19-7-6-16-13(20)11(19)4-2/h8-9,11H,3-7H2,1-2H3,(H,15,18)(H,16,20). The molecule has 2 heterocycles. The molecule has 1 saturated heterocycles. The number of nitrogens with one attached hydrogen (secondary N) is 2. The number of nitrogens with zero attached hydrogens (tertiary/aromatic N) is 3. The van der Waals surface area contributed by atoms with Crippen molar-refractivity contribution in [2.24, 2.45) is 0 Å². The van der Waals surface area contributed by atoms with E-state index in [9.17, 15) is 9.59 Å². The highest BCUT2D eigenvalue weighted by Gasteiger charge is 2.32. The minimum Gasteiger partial charge on any atom is -0.369 e. The monoisotopic (exact) mass is 291 g/mol. The number of piperazine rings is 1. The van der Waals surface area contributed by atoms with Crippen LogP contribution in [0.4, 0.5) is 5.82 Å². The highest BCUT2D eigenvalue weighted by atomic mass is 16.2. The van der Waals surface area contributed by atoms with Gasteiger partial charge < -0.3 is 15.5 Å². The first-order valence-corrected chi connectivity index (χ1v) is 7.32. The van der Waals surface area contributed by atoms with Gasteiger partial charge in [0.05, 0.1) is 12.4 Å². The fourth-order valence-electron chi connectivity index (χ4n) is 2.29. The van der Waals surface area contributed by atoms with Crippen molar-refractivity contribution < 1.29 is 9.59 Å². The van der Waals surface area contributed by atoms with E-state index < -0.39 is 6.04 Å². The summed E-state index contributed by atoms with van der Waals surface area (Å²) < 4.78 is 0. The zero-order valence-corrected chi connectivity index (χ0v) is 12.4. The summed E-state index contributed by atoms with van der Waals surface area (Å²) in [4.78, 5) is 34.2. The summed E-state index contributed by atoms with van der Waals surface area (Å²) in [7, 11) is 0. The van der Waals surface area contributed by atoms with E-state index in [0.29, 0.717) is 25.3 Å². The normalized spacial score (nSPS) is 18.3. The van der Waals surface area contributed by atoms with Gasteiger partial charge in [0.2, 0.25) is 5.91 Å². The van der Waals surface area contributed by atoms with Crippen molar-refractivity contribution in [2.75, 3.05) is 25.0 Å². The van der Waals surface area contributed by atoms with E-state index in [1.165, 1.54) is 6.20 Å². The fraction of sp³-hybridized carbons (Fsp3) is 0.571. The summed E-state index contributed by atoms with van der Waals surface area (Å²) in [6.07, 6.45) is 4.58. The second kappa shape index (κ2) is 7.01. The molecule has 1 fully saturated rings. The summed E-state index contributed by atoms with van der Waals surface area (Å²) in [6.45, 7) is 5.74. The van der Waals surface area contributed by atoms with Gasteiger partial charge in [0.15, 0.2) is 0 Å². The number of hydrogen-bond acceptors (Lipinski definition) is 5. The number of hydrogen-bond donors (Lipinski definition) is 2. The van der Waals surface area contributed by atoms with Crippen LogP contribution < -0.4 is 10.6 Å². The number of rotatable bonds is 5. The van der Waals surface area contributed by atoms with Crippen LogP contribution in [0.1, 0.15) is 37.2 Å². The van der Waals surface area contributed by atoms with Crippen LogP contribution in [0, 0.1) is 0 Å². The largest absolute Gasteiger partial charge is 0.369 e. The molecule has 2 rings (SSSR count). The van der Waals surface area contributed by atoms with Gasteiger partial charge in [0, 0.05) is 19.6 Å². The first-order valence-electron chi connectivity index (χ1n) is 7.32. The zero-order valence-electron chi connectivity index (χ0n) is 12.4. The van der Waals surface area contributed by atoms with Gasteiger partial charge in [-0.3, -0.25) is 9.59 Å². The molecule has 1 aromatic rings. The number of carbonyl (C=O) groups is 2. The van der Waals surface area contributed by atoms with Gasteiger partial charge >= 0.3 is 0 Å². The van der Waals surface area contributed by atoms with E-state index in [4.69, 9.17) is 0 Å². The first kappa shape index (κ1) is 15.2. The van der Waals surface area contributed by atoms with E-state index in [2.05, 4.69) is 27.5 Å². The Morgan fingerprint density at radius 2 is 2.24 bits per heavy atom. The number of anilines is 1. The van der Waals surface area contributed by atoms with Gasteiger partial charge in [-0.2, -0.15) is 0 Å². The predicted octanol–water partition coefficient (Wildman–Crippen LogP) is 0.649. The molecule has 0 bridgehead atoms. The lowest BCUT2D eigenvalue weighted by Crippen LogP contribution is -2.57. The van der Waals surface area contributed by atoms with Crippen LogP contribution in [0.2, 0.25) is 0 Å². The Bertz CT molecular complexity index is 503. The summed E-state index contributed by atoms with van der Waals surface area (Å²) in [5.41, 5.74) is 0.269. The molecule has 7 nitrogen and oxygen atoms in total. The molecule has 1 aromatic heterocycles. The minimum absolute atomic E-state index is 0.105. The van der Waals surface area contributed by atoms with Crippen LogP contribution >= 0.6 is 0 Å². The average molecular weight is 291 g/mol. The maximum atomic E-state index is 12.5. The summed E-state index contributed by atoms with van der Waals surface area (Å²) in [6, 6.07) is -0.425. The second-order valence-corrected chi connectivity index (χ2v) is 4.93. The van der Waals surface area contributed by atoms with E-state index >= 15 is 0 Å². The zero-order chi connectivity index (χ0) is 15.2. The third-order valence-corrected chi connectivity index (χ3v) is 3.41. The molecular weight excluding hydrogens is 270 g/mol. The molecular formula is C14H21N5O2. The SMILES string of the molecule is CCCNc1cnc(C(=O)N2CCNC(=O)C2CC)cn1. The molecule has 1 unspecified atom stereocenters. The molecule has 1 aliphatic rings. The third kappa shape index (κ3) is 3.48. The summed E-state index contributed by atoms with van der Waals surface area (Å²) in [5.74, 6) is 0.300. The van der Waals surface area contributed by atoms with Crippen molar-refractivity contribution in [3.63, 3.8) is 0 Å². The van der Waals surface area contributed by atoms with Crippen LogP contribution in [0.15, 0.2) is 12.4 Å². The lowest BCUT2D eigenvalue weighted by molar-refractivity contribution is -0.127. The second-order valence-electron chi connectivity index (χ2n) is 4.93. The number of carbonyl (C=O) groups excluding carboxylic acids is 2. The average Bonchev–Trinajstić information content (AvgIpc) is 2.52. The molecule has 1 aliphatic heterocycles. The minimum atomic E-state index is -0.425. The van der Waals surface area contributed by atoms with E-state index in [1.54, 1.807) is 11.1 Å². The van der Waals surface area contributed by atoms with E-state index in [1.807, 2.05) is 6.92 Å². The number of amides is 2. The maximum absolute atomic E-state index is 12.5. The molecule has 2 amide bonds. The smallest absolute Gasteiger partial charge is 0.274 e. The molecule has 0 aromatic carbocycles. The molecule has 0 radical (unpaired) electrons. The van der Waals surface area contributed by atoms with Gasteiger partial charge in [-0.25, -0.2) is 9.97 Å². The van der Waals surface area contributed by atoms with Gasteiger partial charge in [-0.1, -0.05) is 13.8 Å². The van der Waals surface area contributed by atoms with Gasteiger partial charge in [0.25, 0.3) is 5.91 Å². The molecule has 7 heteroatoms. The van der Waals surface area contributed by atoms with Crippen LogP contribution in [-0.2, 0) is 4.79 Å². The highest BCUT2D eigenvalue weighted by molar-refractivity contribution is 5.96. The van der Waals surface area contributed by atoms with Crippen LogP contribution in [-0.4, -0.2) is 52.4 Å². The van der Waals surface area contributed by atoms with Crippen molar-refractivity contribution in [1.82, 2.24) is 20.2 Å². The van der Waals surface area contributed by atoms with Crippen molar-refractivity contribution in [3.8, 4) is 0 Å². The van der Waals surface area contributed by atoms with Crippen LogP contribution in [0.5, 0.6) is 0 Å². The van der Waals surface area contributed by atoms with Gasteiger partial charge in [0.1, 0.15) is 17.6 Å². The van der Waals surface area contributed by atoms with Crippen molar-refractivity contribution in [1.29, 1.82) is 0 Å². The van der Waals surface area contributed by atoms with Crippen molar-refractivity contribution in [2.45, 2.75) is 32.7 Å². The number of aromatic nitrogens is 2. The molecule has 21 heavy (non-hydrogen) atoms. The lowest BCUT2D eigenvalue weighted by atomic mass is 10.1. The highest BCUT2D eigenvalue weighted by Crippen LogP contribution is 2.12. The Morgan fingerprint density at radius 3 is 2.86 bits per heavy atom. The fourth-order valence-corrected chi connectivity index (χ4v) is 2.29. The van der Waals surface area contributed by atoms with Crippen molar-refractivity contribution in [3.05, 3.63) is 18.1 Å². The van der Waals surface area contributed by atoms with Crippen LogP contribution in [0.3, 0.4) is 0 Å². The molecule has 1 atom stereocenters. The predicted molar refractivity (Wildman–Crippen MR) is 78.9 cm³/mol. The van der Waals surface area contributed by atoms with Gasteiger partial charge in [-0.05, 0) is 12.8 Å². The Hall–Kier alpha value is -2.18. The van der Waals surface area contributed by atoms with E-state index in [0.717, 1.165) is 13.0 Å².